The van der Waals surface area contributed by atoms with Crippen LogP contribution in [-0.2, 0) is 4.74 Å². The molecule has 2 nitrogen and oxygen atoms in total. The molecule has 2 atom stereocenters. The van der Waals surface area contributed by atoms with Gasteiger partial charge in [-0.25, -0.2) is 4.39 Å². The van der Waals surface area contributed by atoms with Crippen LogP contribution in [-0.4, -0.2) is 13.2 Å². The summed E-state index contributed by atoms with van der Waals surface area (Å²) < 4.78 is 19.0. The number of aryl methyl sites for hydroxylation is 2. The fourth-order valence-corrected chi connectivity index (χ4v) is 2.07. The van der Waals surface area contributed by atoms with Crippen LogP contribution in [0, 0.1) is 19.7 Å². The Labute approximate surface area is 103 Å². The Kier molecular flexibility index (Phi) is 5.09. The molecule has 0 aliphatic rings. The number of benzene rings is 1. The Morgan fingerprint density at radius 2 is 1.94 bits per heavy atom. The molecule has 2 unspecified atom stereocenters. The van der Waals surface area contributed by atoms with E-state index in [1.165, 1.54) is 0 Å². The van der Waals surface area contributed by atoms with Gasteiger partial charge in [-0.15, -0.1) is 0 Å². The third kappa shape index (κ3) is 3.79. The highest BCUT2D eigenvalue weighted by Gasteiger charge is 2.15. The molecule has 0 aliphatic carbocycles. The summed E-state index contributed by atoms with van der Waals surface area (Å²) in [7, 11) is 1.67. The Hall–Kier alpha value is -0.930. The van der Waals surface area contributed by atoms with E-state index in [9.17, 15) is 4.39 Å². The minimum Gasteiger partial charge on any atom is -0.382 e. The lowest BCUT2D eigenvalue weighted by atomic mass is 9.95. The lowest BCUT2D eigenvalue weighted by molar-refractivity contribution is 0.107. The fraction of sp³-hybridized carbons (Fsp3) is 0.571. The van der Waals surface area contributed by atoms with Gasteiger partial charge in [-0.1, -0.05) is 6.07 Å². The van der Waals surface area contributed by atoms with Crippen LogP contribution in [0.5, 0.6) is 0 Å². The molecule has 1 aromatic rings. The topological polar surface area (TPSA) is 35.2 Å². The van der Waals surface area contributed by atoms with Gasteiger partial charge in [0.05, 0.1) is 6.10 Å². The van der Waals surface area contributed by atoms with E-state index in [-0.39, 0.29) is 18.0 Å². The maximum absolute atomic E-state index is 13.9. The molecule has 0 amide bonds. The molecule has 0 aromatic heterocycles. The minimum atomic E-state index is -0.256. The summed E-state index contributed by atoms with van der Waals surface area (Å²) in [6, 6.07) is 3.26. The molecule has 0 heterocycles. The minimum absolute atomic E-state index is 0.162. The molecule has 2 N–H and O–H groups in total. The van der Waals surface area contributed by atoms with Crippen LogP contribution in [0.4, 0.5) is 4.39 Å². The van der Waals surface area contributed by atoms with E-state index in [4.69, 9.17) is 10.5 Å². The first-order valence-electron chi connectivity index (χ1n) is 6.00. The Bertz CT molecular complexity index is 355. The Balaban J connectivity index is 2.78. The second kappa shape index (κ2) is 6.12. The van der Waals surface area contributed by atoms with Crippen LogP contribution < -0.4 is 5.73 Å². The summed E-state index contributed by atoms with van der Waals surface area (Å²) >= 11 is 0. The van der Waals surface area contributed by atoms with Gasteiger partial charge in [-0.3, -0.25) is 0 Å². The quantitative estimate of drug-likeness (QED) is 0.856. The highest BCUT2D eigenvalue weighted by Crippen LogP contribution is 2.25. The average molecular weight is 239 g/mol. The van der Waals surface area contributed by atoms with E-state index in [0.717, 1.165) is 24.0 Å². The summed E-state index contributed by atoms with van der Waals surface area (Å²) in [5.41, 5.74) is 8.55. The molecule has 0 saturated carbocycles. The summed E-state index contributed by atoms with van der Waals surface area (Å²) in [5.74, 6) is -0.194. The van der Waals surface area contributed by atoms with Crippen LogP contribution >= 0.6 is 0 Å². The molecule has 1 aromatic carbocycles. The monoisotopic (exact) mass is 239 g/mol. The molecule has 0 bridgehead atoms. The standard InChI is InChI=1S/C14H22FNO/c1-9-7-10(2)14(12(15)8-9)13(16)6-5-11(3)17-4/h7-8,11,13H,5-6,16H2,1-4H3. The molecule has 0 fully saturated rings. The number of rotatable bonds is 5. The van der Waals surface area contributed by atoms with Gasteiger partial charge in [0.15, 0.2) is 0 Å². The molecular formula is C14H22FNO. The van der Waals surface area contributed by atoms with Gasteiger partial charge < -0.3 is 10.5 Å². The maximum Gasteiger partial charge on any atom is 0.128 e. The molecule has 0 radical (unpaired) electrons. The first-order valence-corrected chi connectivity index (χ1v) is 6.00. The van der Waals surface area contributed by atoms with Crippen LogP contribution in [0.15, 0.2) is 12.1 Å². The Morgan fingerprint density at radius 3 is 2.47 bits per heavy atom. The number of hydrogen-bond donors (Lipinski definition) is 1. The summed E-state index contributed by atoms with van der Waals surface area (Å²) in [6.45, 7) is 5.79. The summed E-state index contributed by atoms with van der Waals surface area (Å²) in [6.07, 6.45) is 1.73. The molecule has 0 aliphatic heterocycles. The smallest absolute Gasteiger partial charge is 0.128 e. The largest absolute Gasteiger partial charge is 0.382 e. The number of hydrogen-bond acceptors (Lipinski definition) is 2. The highest BCUT2D eigenvalue weighted by atomic mass is 19.1. The zero-order valence-electron chi connectivity index (χ0n) is 11.1. The SMILES string of the molecule is COC(C)CCC(N)c1c(C)cc(C)cc1F. The van der Waals surface area contributed by atoms with Gasteiger partial charge in [0, 0.05) is 18.7 Å². The van der Waals surface area contributed by atoms with E-state index in [1.807, 2.05) is 26.8 Å². The molecule has 3 heteroatoms. The van der Waals surface area contributed by atoms with Crippen LogP contribution in [0.1, 0.15) is 42.5 Å². The predicted molar refractivity (Wildman–Crippen MR) is 68.5 cm³/mol. The second-order valence-electron chi connectivity index (χ2n) is 4.71. The van der Waals surface area contributed by atoms with Gasteiger partial charge in [-0.05, 0) is 50.8 Å². The van der Waals surface area contributed by atoms with Crippen molar-refractivity contribution >= 4 is 0 Å². The molecule has 96 valence electrons. The average Bonchev–Trinajstić information content (AvgIpc) is 2.24. The van der Waals surface area contributed by atoms with Gasteiger partial charge in [-0.2, -0.15) is 0 Å². The fourth-order valence-electron chi connectivity index (χ4n) is 2.07. The normalized spacial score (nSPS) is 14.7. The second-order valence-corrected chi connectivity index (χ2v) is 4.71. The molecule has 0 spiro atoms. The summed E-state index contributed by atoms with van der Waals surface area (Å²) in [5, 5.41) is 0. The molecule has 0 saturated heterocycles. The van der Waals surface area contributed by atoms with Crippen molar-refractivity contribution < 1.29 is 9.13 Å². The lowest BCUT2D eigenvalue weighted by Crippen LogP contribution is -2.17. The van der Waals surface area contributed by atoms with Gasteiger partial charge >= 0.3 is 0 Å². The van der Waals surface area contributed by atoms with Crippen molar-refractivity contribution in [2.75, 3.05) is 7.11 Å². The van der Waals surface area contributed by atoms with Crippen LogP contribution in [0.3, 0.4) is 0 Å². The lowest BCUT2D eigenvalue weighted by Gasteiger charge is -2.18. The van der Waals surface area contributed by atoms with Crippen LogP contribution in [0.2, 0.25) is 0 Å². The van der Waals surface area contributed by atoms with Crippen molar-refractivity contribution in [3.05, 3.63) is 34.6 Å². The molecule has 1 rings (SSSR count). The van der Waals surface area contributed by atoms with Gasteiger partial charge in [0.25, 0.3) is 0 Å². The maximum atomic E-state index is 13.9. The van der Waals surface area contributed by atoms with E-state index in [2.05, 4.69) is 0 Å². The summed E-state index contributed by atoms with van der Waals surface area (Å²) in [4.78, 5) is 0. The van der Waals surface area contributed by atoms with E-state index in [1.54, 1.807) is 13.2 Å². The van der Waals surface area contributed by atoms with Gasteiger partial charge in [0.2, 0.25) is 0 Å². The molecule has 17 heavy (non-hydrogen) atoms. The first-order chi connectivity index (χ1) is 7.95. The number of methoxy groups -OCH3 is 1. The first kappa shape index (κ1) is 14.1. The predicted octanol–water partition coefficient (Wildman–Crippen LogP) is 3.26. The molecular weight excluding hydrogens is 217 g/mol. The van der Waals surface area contributed by atoms with Crippen molar-refractivity contribution in [2.45, 2.75) is 45.8 Å². The van der Waals surface area contributed by atoms with E-state index >= 15 is 0 Å². The van der Waals surface area contributed by atoms with E-state index in [0.29, 0.717) is 5.56 Å². The zero-order chi connectivity index (χ0) is 13.0. The number of halogens is 1. The highest BCUT2D eigenvalue weighted by molar-refractivity contribution is 5.34. The third-order valence-electron chi connectivity index (χ3n) is 3.14. The van der Waals surface area contributed by atoms with E-state index < -0.39 is 0 Å². The van der Waals surface area contributed by atoms with Crippen molar-refractivity contribution in [1.29, 1.82) is 0 Å². The third-order valence-corrected chi connectivity index (χ3v) is 3.14. The zero-order valence-corrected chi connectivity index (χ0v) is 11.1. The Morgan fingerprint density at radius 1 is 1.29 bits per heavy atom. The van der Waals surface area contributed by atoms with Crippen molar-refractivity contribution in [1.82, 2.24) is 0 Å². The van der Waals surface area contributed by atoms with Crippen LogP contribution in [0.25, 0.3) is 0 Å². The van der Waals surface area contributed by atoms with Gasteiger partial charge in [0.1, 0.15) is 5.82 Å². The number of ether oxygens (including phenoxy) is 1. The number of nitrogens with two attached hydrogens (primary N) is 1. The van der Waals surface area contributed by atoms with Crippen molar-refractivity contribution in [2.24, 2.45) is 5.73 Å². The van der Waals surface area contributed by atoms with Crippen molar-refractivity contribution in [3.8, 4) is 0 Å². The van der Waals surface area contributed by atoms with Crippen molar-refractivity contribution in [3.63, 3.8) is 0 Å².